The van der Waals surface area contributed by atoms with Gasteiger partial charge in [0.2, 0.25) is 5.95 Å². The van der Waals surface area contributed by atoms with Crippen LogP contribution in [-0.2, 0) is 6.18 Å². The van der Waals surface area contributed by atoms with E-state index in [9.17, 15) is 13.2 Å². The Morgan fingerprint density at radius 1 is 1.30 bits per heavy atom. The Labute approximate surface area is 111 Å². The van der Waals surface area contributed by atoms with E-state index in [0.717, 1.165) is 10.9 Å². The topological polar surface area (TPSA) is 77.8 Å². The van der Waals surface area contributed by atoms with Crippen LogP contribution in [0.25, 0.3) is 5.95 Å². The summed E-state index contributed by atoms with van der Waals surface area (Å²) in [6, 6.07) is -0.0185. The van der Waals surface area contributed by atoms with E-state index < -0.39 is 11.7 Å². The fourth-order valence-electron chi connectivity index (χ4n) is 1.36. The second kappa shape index (κ2) is 5.31. The van der Waals surface area contributed by atoms with Gasteiger partial charge in [-0.1, -0.05) is 0 Å². The Morgan fingerprint density at radius 3 is 2.60 bits per heavy atom. The van der Waals surface area contributed by atoms with Gasteiger partial charge in [0.25, 0.3) is 5.95 Å². The van der Waals surface area contributed by atoms with E-state index in [1.54, 1.807) is 0 Å². The van der Waals surface area contributed by atoms with Gasteiger partial charge in [0.1, 0.15) is 0 Å². The van der Waals surface area contributed by atoms with Crippen molar-refractivity contribution in [1.29, 1.82) is 0 Å². The average molecular weight is 288 g/mol. The van der Waals surface area contributed by atoms with Gasteiger partial charge in [-0.3, -0.25) is 0 Å². The van der Waals surface area contributed by atoms with Crippen LogP contribution in [0.15, 0.2) is 12.4 Å². The molecule has 2 aromatic heterocycles. The molecule has 2 rings (SSSR count). The van der Waals surface area contributed by atoms with Crippen LogP contribution < -0.4 is 10.1 Å². The van der Waals surface area contributed by atoms with Crippen molar-refractivity contribution in [3.8, 4) is 12.0 Å². The highest BCUT2D eigenvalue weighted by molar-refractivity contribution is 5.30. The third-order valence-corrected chi connectivity index (χ3v) is 2.24. The van der Waals surface area contributed by atoms with E-state index in [-0.39, 0.29) is 17.9 Å². The van der Waals surface area contributed by atoms with E-state index in [2.05, 4.69) is 25.4 Å². The lowest BCUT2D eigenvalue weighted by atomic mass is 10.4. The SMILES string of the molecule is CCNc1nc(OC)nc(-n2cc(C(F)(F)F)cn2)n1. The van der Waals surface area contributed by atoms with Crippen LogP contribution in [0.5, 0.6) is 6.01 Å². The summed E-state index contributed by atoms with van der Waals surface area (Å²) in [4.78, 5) is 11.7. The standard InChI is InChI=1S/C10H11F3N6O/c1-3-14-7-16-8(18-9(17-7)20-2)19-5-6(4-15-19)10(11,12)13/h4-5H,3H2,1-2H3,(H,14,16,17,18). The molecule has 108 valence electrons. The van der Waals surface area contributed by atoms with Crippen LogP contribution in [0.4, 0.5) is 19.1 Å². The third-order valence-electron chi connectivity index (χ3n) is 2.24. The molecule has 10 heteroatoms. The maximum Gasteiger partial charge on any atom is 0.419 e. The minimum absolute atomic E-state index is 0.0185. The van der Waals surface area contributed by atoms with Crippen LogP contribution in [0.3, 0.4) is 0 Å². The Morgan fingerprint density at radius 2 is 2.05 bits per heavy atom. The van der Waals surface area contributed by atoms with Gasteiger partial charge < -0.3 is 10.1 Å². The van der Waals surface area contributed by atoms with Crippen molar-refractivity contribution >= 4 is 5.95 Å². The molecule has 0 aliphatic carbocycles. The fourth-order valence-corrected chi connectivity index (χ4v) is 1.36. The van der Waals surface area contributed by atoms with Crippen molar-refractivity contribution in [2.75, 3.05) is 19.0 Å². The van der Waals surface area contributed by atoms with E-state index >= 15 is 0 Å². The average Bonchev–Trinajstić information content (AvgIpc) is 2.88. The lowest BCUT2D eigenvalue weighted by Gasteiger charge is -2.06. The number of anilines is 1. The smallest absolute Gasteiger partial charge is 0.419 e. The van der Waals surface area contributed by atoms with Gasteiger partial charge in [-0.25, -0.2) is 4.68 Å². The number of hydrogen-bond donors (Lipinski definition) is 1. The van der Waals surface area contributed by atoms with E-state index in [1.807, 2.05) is 6.92 Å². The molecule has 0 unspecified atom stereocenters. The molecule has 0 amide bonds. The van der Waals surface area contributed by atoms with Crippen molar-refractivity contribution < 1.29 is 17.9 Å². The Bertz CT molecular complexity index is 597. The summed E-state index contributed by atoms with van der Waals surface area (Å²) in [6.07, 6.45) is -2.98. The quantitative estimate of drug-likeness (QED) is 0.919. The molecule has 7 nitrogen and oxygen atoms in total. The molecule has 1 N–H and O–H groups in total. The zero-order valence-electron chi connectivity index (χ0n) is 10.6. The second-order valence-electron chi connectivity index (χ2n) is 3.65. The Balaban J connectivity index is 2.41. The molecule has 0 aliphatic heterocycles. The minimum Gasteiger partial charge on any atom is -0.467 e. The molecule has 0 atom stereocenters. The van der Waals surface area contributed by atoms with Gasteiger partial charge in [0.15, 0.2) is 0 Å². The molecule has 0 saturated carbocycles. The van der Waals surface area contributed by atoms with Gasteiger partial charge in [-0.2, -0.15) is 33.2 Å². The fraction of sp³-hybridized carbons (Fsp3) is 0.400. The molecule has 0 aromatic carbocycles. The van der Waals surface area contributed by atoms with Crippen molar-refractivity contribution in [3.63, 3.8) is 0 Å². The summed E-state index contributed by atoms with van der Waals surface area (Å²) >= 11 is 0. The zero-order chi connectivity index (χ0) is 14.8. The normalized spacial score (nSPS) is 11.4. The summed E-state index contributed by atoms with van der Waals surface area (Å²) in [5, 5.41) is 6.41. The van der Waals surface area contributed by atoms with Crippen LogP contribution in [0.1, 0.15) is 12.5 Å². The highest BCUT2D eigenvalue weighted by Gasteiger charge is 2.32. The number of halogens is 3. The molecule has 0 bridgehead atoms. The number of rotatable bonds is 4. The van der Waals surface area contributed by atoms with Gasteiger partial charge in [-0.05, 0) is 6.92 Å². The first kappa shape index (κ1) is 14.0. The molecular weight excluding hydrogens is 277 g/mol. The van der Waals surface area contributed by atoms with Crippen molar-refractivity contribution in [2.24, 2.45) is 0 Å². The van der Waals surface area contributed by atoms with Crippen molar-refractivity contribution in [2.45, 2.75) is 13.1 Å². The van der Waals surface area contributed by atoms with Crippen LogP contribution in [0.2, 0.25) is 0 Å². The monoisotopic (exact) mass is 288 g/mol. The molecule has 0 radical (unpaired) electrons. The first-order valence-corrected chi connectivity index (χ1v) is 5.60. The predicted molar refractivity (Wildman–Crippen MR) is 62.7 cm³/mol. The van der Waals surface area contributed by atoms with Crippen molar-refractivity contribution in [1.82, 2.24) is 24.7 Å². The number of nitrogens with one attached hydrogen (secondary N) is 1. The molecule has 2 heterocycles. The van der Waals surface area contributed by atoms with Gasteiger partial charge in [0, 0.05) is 12.7 Å². The Kier molecular flexibility index (Phi) is 3.72. The number of hydrogen-bond acceptors (Lipinski definition) is 6. The second-order valence-corrected chi connectivity index (χ2v) is 3.65. The van der Waals surface area contributed by atoms with Gasteiger partial charge in [-0.15, -0.1) is 0 Å². The highest BCUT2D eigenvalue weighted by atomic mass is 19.4. The molecule has 0 fully saturated rings. The highest BCUT2D eigenvalue weighted by Crippen LogP contribution is 2.28. The van der Waals surface area contributed by atoms with E-state index in [0.29, 0.717) is 12.7 Å². The third kappa shape index (κ3) is 2.95. The first-order valence-electron chi connectivity index (χ1n) is 5.60. The summed E-state index contributed by atoms with van der Waals surface area (Å²) in [7, 11) is 1.35. The molecule has 2 aromatic rings. The van der Waals surface area contributed by atoms with E-state index in [4.69, 9.17) is 4.74 Å². The maximum atomic E-state index is 12.5. The Hall–Kier alpha value is -2.39. The van der Waals surface area contributed by atoms with Crippen molar-refractivity contribution in [3.05, 3.63) is 18.0 Å². The molecule has 0 aliphatic rings. The first-order chi connectivity index (χ1) is 9.44. The zero-order valence-corrected chi connectivity index (χ0v) is 10.6. The predicted octanol–water partition coefficient (Wildman–Crippen LogP) is 1.52. The number of methoxy groups -OCH3 is 1. The maximum absolute atomic E-state index is 12.5. The summed E-state index contributed by atoms with van der Waals surface area (Å²) in [5.41, 5.74) is -0.887. The molecular formula is C10H11F3N6O. The van der Waals surface area contributed by atoms with Crippen LogP contribution >= 0.6 is 0 Å². The number of ether oxygens (including phenoxy) is 1. The number of nitrogens with zero attached hydrogens (tertiary/aromatic N) is 5. The van der Waals surface area contributed by atoms with Crippen LogP contribution in [0, 0.1) is 0 Å². The number of alkyl halides is 3. The minimum atomic E-state index is -4.47. The van der Waals surface area contributed by atoms with E-state index in [1.165, 1.54) is 7.11 Å². The summed E-state index contributed by atoms with van der Waals surface area (Å²) in [6.45, 7) is 2.37. The molecule has 0 spiro atoms. The summed E-state index contributed by atoms with van der Waals surface area (Å²) in [5.74, 6) is 0.127. The lowest BCUT2D eigenvalue weighted by Crippen LogP contribution is -2.10. The largest absolute Gasteiger partial charge is 0.467 e. The van der Waals surface area contributed by atoms with Gasteiger partial charge in [0.05, 0.1) is 18.9 Å². The summed E-state index contributed by atoms with van der Waals surface area (Å²) < 4.78 is 43.3. The number of aromatic nitrogens is 5. The van der Waals surface area contributed by atoms with Gasteiger partial charge >= 0.3 is 12.2 Å². The molecule has 20 heavy (non-hydrogen) atoms. The molecule has 0 saturated heterocycles. The lowest BCUT2D eigenvalue weighted by molar-refractivity contribution is -0.137. The van der Waals surface area contributed by atoms with Crippen LogP contribution in [-0.4, -0.2) is 38.4 Å².